The number of phenols is 1. The third-order valence-corrected chi connectivity index (χ3v) is 4.55. The predicted octanol–water partition coefficient (Wildman–Crippen LogP) is 1.79. The quantitative estimate of drug-likeness (QED) is 0.637. The van der Waals surface area contributed by atoms with Crippen molar-refractivity contribution in [3.8, 4) is 5.75 Å². The van der Waals surface area contributed by atoms with Gasteiger partial charge in [0.25, 0.3) is 5.69 Å². The van der Waals surface area contributed by atoms with Gasteiger partial charge in [0.1, 0.15) is 5.75 Å². The summed E-state index contributed by atoms with van der Waals surface area (Å²) in [6, 6.07) is 4.47. The second kappa shape index (κ2) is 6.54. The van der Waals surface area contributed by atoms with Crippen LogP contribution in [-0.4, -0.2) is 40.0 Å². The van der Waals surface area contributed by atoms with Gasteiger partial charge in [-0.3, -0.25) is 19.8 Å². The lowest BCUT2D eigenvalue weighted by molar-refractivity contribution is -0.385. The molecule has 1 saturated carbocycles. The minimum Gasteiger partial charge on any atom is -0.508 e. The molecule has 2 aliphatic rings. The summed E-state index contributed by atoms with van der Waals surface area (Å²) in [5, 5.41) is 23.8. The van der Waals surface area contributed by atoms with E-state index in [-0.39, 0.29) is 23.3 Å². The van der Waals surface area contributed by atoms with E-state index < -0.39 is 4.92 Å². The van der Waals surface area contributed by atoms with Crippen LogP contribution in [0.4, 0.5) is 5.69 Å². The third kappa shape index (κ3) is 3.98. The first kappa shape index (κ1) is 15.7. The number of phenolic OH excluding ortho intramolecular Hbond substituents is 1. The highest BCUT2D eigenvalue weighted by molar-refractivity contribution is 5.79. The molecule has 0 atom stereocenters. The Hall–Kier alpha value is -2.15. The number of benzene rings is 1. The highest BCUT2D eigenvalue weighted by Gasteiger charge is 2.30. The number of carbonyl (C=O) groups is 1. The standard InChI is InChI=1S/C16H21N3O4/c20-15-4-3-14(19(22)23)9-12(15)10-18-7-5-11(6-8-18)16(21)17-13-1-2-13/h3-4,9,11,13,20H,1-2,5-8,10H2,(H,17,21). The highest BCUT2D eigenvalue weighted by Crippen LogP contribution is 2.27. The molecule has 1 aliphatic carbocycles. The molecule has 23 heavy (non-hydrogen) atoms. The van der Waals surface area contributed by atoms with E-state index in [9.17, 15) is 20.0 Å². The topological polar surface area (TPSA) is 95.7 Å². The lowest BCUT2D eigenvalue weighted by atomic mass is 9.95. The van der Waals surface area contributed by atoms with E-state index in [1.165, 1.54) is 18.2 Å². The molecule has 0 spiro atoms. The van der Waals surface area contributed by atoms with Crippen LogP contribution in [0.3, 0.4) is 0 Å². The van der Waals surface area contributed by atoms with Gasteiger partial charge < -0.3 is 10.4 Å². The van der Waals surface area contributed by atoms with Gasteiger partial charge in [-0.1, -0.05) is 0 Å². The van der Waals surface area contributed by atoms with Crippen molar-refractivity contribution in [1.29, 1.82) is 0 Å². The second-order valence-electron chi connectivity index (χ2n) is 6.40. The molecule has 0 unspecified atom stereocenters. The number of nitro groups is 1. The molecular formula is C16H21N3O4. The zero-order chi connectivity index (χ0) is 16.4. The number of carbonyl (C=O) groups excluding carboxylic acids is 1. The van der Waals surface area contributed by atoms with Crippen LogP contribution in [0, 0.1) is 16.0 Å². The summed E-state index contributed by atoms with van der Waals surface area (Å²) < 4.78 is 0. The number of piperidine rings is 1. The van der Waals surface area contributed by atoms with E-state index in [1.54, 1.807) is 0 Å². The van der Waals surface area contributed by atoms with Gasteiger partial charge >= 0.3 is 0 Å². The minimum absolute atomic E-state index is 0.0171. The highest BCUT2D eigenvalue weighted by atomic mass is 16.6. The van der Waals surface area contributed by atoms with Gasteiger partial charge in [-0.15, -0.1) is 0 Å². The van der Waals surface area contributed by atoms with Crippen molar-refractivity contribution in [2.24, 2.45) is 5.92 Å². The smallest absolute Gasteiger partial charge is 0.270 e. The van der Waals surface area contributed by atoms with Crippen molar-refractivity contribution in [3.05, 3.63) is 33.9 Å². The second-order valence-corrected chi connectivity index (χ2v) is 6.40. The Bertz CT molecular complexity index is 607. The Labute approximate surface area is 134 Å². The monoisotopic (exact) mass is 319 g/mol. The zero-order valence-electron chi connectivity index (χ0n) is 12.9. The molecule has 0 aromatic heterocycles. The van der Waals surface area contributed by atoms with Gasteiger partial charge in [-0.25, -0.2) is 0 Å². The van der Waals surface area contributed by atoms with Crippen LogP contribution in [0.1, 0.15) is 31.2 Å². The maximum absolute atomic E-state index is 12.0. The molecule has 2 fully saturated rings. The number of likely N-dealkylation sites (tertiary alicyclic amines) is 1. The summed E-state index contributed by atoms with van der Waals surface area (Å²) in [4.78, 5) is 24.5. The minimum atomic E-state index is -0.461. The van der Waals surface area contributed by atoms with Crippen LogP contribution >= 0.6 is 0 Å². The van der Waals surface area contributed by atoms with Crippen molar-refractivity contribution < 1.29 is 14.8 Å². The lowest BCUT2D eigenvalue weighted by Crippen LogP contribution is -2.40. The Kier molecular flexibility index (Phi) is 4.47. The summed E-state index contributed by atoms with van der Waals surface area (Å²) in [5.74, 6) is 0.292. The van der Waals surface area contributed by atoms with E-state index in [0.717, 1.165) is 38.8 Å². The fraction of sp³-hybridized carbons (Fsp3) is 0.562. The number of nitrogens with one attached hydrogen (secondary N) is 1. The number of non-ortho nitro benzene ring substituents is 1. The average Bonchev–Trinajstić information content (AvgIpc) is 3.34. The van der Waals surface area contributed by atoms with Gasteiger partial charge in [-0.05, 0) is 44.8 Å². The van der Waals surface area contributed by atoms with Crippen molar-refractivity contribution >= 4 is 11.6 Å². The predicted molar refractivity (Wildman–Crippen MR) is 83.9 cm³/mol. The summed E-state index contributed by atoms with van der Waals surface area (Å²) in [6.45, 7) is 1.97. The molecule has 2 N–H and O–H groups in total. The molecule has 1 aromatic rings. The molecular weight excluding hydrogens is 298 g/mol. The van der Waals surface area contributed by atoms with Gasteiger partial charge in [0.15, 0.2) is 0 Å². The molecule has 7 nitrogen and oxygen atoms in total. The maximum atomic E-state index is 12.0. The van der Waals surface area contributed by atoms with Crippen LogP contribution in [-0.2, 0) is 11.3 Å². The fourth-order valence-electron chi connectivity index (χ4n) is 2.95. The maximum Gasteiger partial charge on any atom is 0.270 e. The van der Waals surface area contributed by atoms with E-state index in [4.69, 9.17) is 0 Å². The number of aromatic hydroxyl groups is 1. The number of nitro benzene ring substituents is 1. The summed E-state index contributed by atoms with van der Waals surface area (Å²) >= 11 is 0. The molecule has 1 aromatic carbocycles. The third-order valence-electron chi connectivity index (χ3n) is 4.55. The van der Waals surface area contributed by atoms with Crippen molar-refractivity contribution in [3.63, 3.8) is 0 Å². The van der Waals surface area contributed by atoms with Gasteiger partial charge in [0, 0.05) is 36.2 Å². The van der Waals surface area contributed by atoms with Gasteiger partial charge in [-0.2, -0.15) is 0 Å². The number of hydrogen-bond acceptors (Lipinski definition) is 5. The van der Waals surface area contributed by atoms with Gasteiger partial charge in [0.2, 0.25) is 5.91 Å². The van der Waals surface area contributed by atoms with E-state index >= 15 is 0 Å². The van der Waals surface area contributed by atoms with Gasteiger partial charge in [0.05, 0.1) is 4.92 Å². The van der Waals surface area contributed by atoms with E-state index in [1.807, 2.05) is 0 Å². The van der Waals surface area contributed by atoms with E-state index in [2.05, 4.69) is 10.2 Å². The number of hydrogen-bond donors (Lipinski definition) is 2. The van der Waals surface area contributed by atoms with Crippen molar-refractivity contribution in [2.45, 2.75) is 38.3 Å². The van der Waals surface area contributed by atoms with Crippen LogP contribution in [0.5, 0.6) is 5.75 Å². The molecule has 1 heterocycles. The molecule has 3 rings (SSSR count). The Morgan fingerprint density at radius 3 is 2.61 bits per heavy atom. The molecule has 7 heteroatoms. The first-order valence-electron chi connectivity index (χ1n) is 8.02. The van der Waals surface area contributed by atoms with Crippen LogP contribution < -0.4 is 5.32 Å². The summed E-state index contributed by atoms with van der Waals surface area (Å²) in [5.41, 5.74) is 0.538. The lowest BCUT2D eigenvalue weighted by Gasteiger charge is -2.31. The van der Waals surface area contributed by atoms with Crippen molar-refractivity contribution in [1.82, 2.24) is 10.2 Å². The average molecular weight is 319 g/mol. The number of amides is 1. The Morgan fingerprint density at radius 2 is 2.00 bits per heavy atom. The summed E-state index contributed by atoms with van der Waals surface area (Å²) in [7, 11) is 0. The SMILES string of the molecule is O=C(NC1CC1)C1CCN(Cc2cc([N+](=O)[O-])ccc2O)CC1. The molecule has 1 amide bonds. The zero-order valence-corrected chi connectivity index (χ0v) is 12.9. The Morgan fingerprint density at radius 1 is 1.30 bits per heavy atom. The van der Waals surface area contributed by atoms with Crippen LogP contribution in [0.15, 0.2) is 18.2 Å². The molecule has 124 valence electrons. The molecule has 0 radical (unpaired) electrons. The normalized spacial score (nSPS) is 19.5. The van der Waals surface area contributed by atoms with Crippen LogP contribution in [0.25, 0.3) is 0 Å². The van der Waals surface area contributed by atoms with E-state index in [0.29, 0.717) is 18.2 Å². The summed E-state index contributed by atoms with van der Waals surface area (Å²) in [6.07, 6.45) is 3.76. The first-order valence-corrected chi connectivity index (χ1v) is 8.02. The van der Waals surface area contributed by atoms with Crippen LogP contribution in [0.2, 0.25) is 0 Å². The molecule has 0 bridgehead atoms. The molecule has 1 aliphatic heterocycles. The number of nitrogens with zero attached hydrogens (tertiary/aromatic N) is 2. The van der Waals surface area contributed by atoms with Crippen molar-refractivity contribution in [2.75, 3.05) is 13.1 Å². The molecule has 1 saturated heterocycles. The first-order chi connectivity index (χ1) is 11.0. The Balaban J connectivity index is 1.55. The number of rotatable bonds is 5. The fourth-order valence-corrected chi connectivity index (χ4v) is 2.95. The largest absolute Gasteiger partial charge is 0.508 e.